The van der Waals surface area contributed by atoms with Crippen LogP contribution in [0.15, 0.2) is 22.7 Å². The molecule has 1 aromatic carbocycles. The van der Waals surface area contributed by atoms with Gasteiger partial charge in [-0.1, -0.05) is 15.9 Å². The van der Waals surface area contributed by atoms with E-state index in [1.807, 2.05) is 7.05 Å². The number of likely N-dealkylation sites (N-methyl/N-ethyl adjacent to an activating group) is 1. The molecule has 0 radical (unpaired) electrons. The van der Waals surface area contributed by atoms with E-state index in [0.29, 0.717) is 24.4 Å². The van der Waals surface area contributed by atoms with Gasteiger partial charge in [0.05, 0.1) is 12.7 Å². The summed E-state index contributed by atoms with van der Waals surface area (Å²) in [4.78, 5) is 14.2. The smallest absolute Gasteiger partial charge is 0.251 e. The van der Waals surface area contributed by atoms with E-state index >= 15 is 0 Å². The third kappa shape index (κ3) is 4.19. The lowest BCUT2D eigenvalue weighted by atomic mass is 10.2. The lowest BCUT2D eigenvalue weighted by Gasteiger charge is -2.30. The molecule has 1 aliphatic heterocycles. The number of morpholine rings is 1. The number of amides is 1. The molecule has 1 unspecified atom stereocenters. The molecule has 1 fully saturated rings. The van der Waals surface area contributed by atoms with E-state index in [9.17, 15) is 4.79 Å². The SMILES string of the molecule is CN1CCOC(CNC(=O)c2cc(N)cc(Br)c2)C1. The van der Waals surface area contributed by atoms with Crippen molar-refractivity contribution in [1.82, 2.24) is 10.2 Å². The fourth-order valence-corrected chi connectivity index (χ4v) is 2.55. The highest BCUT2D eigenvalue weighted by molar-refractivity contribution is 9.10. The number of benzene rings is 1. The molecule has 1 aromatic rings. The van der Waals surface area contributed by atoms with Crippen LogP contribution in [0, 0.1) is 0 Å². The number of nitrogens with one attached hydrogen (secondary N) is 1. The second-order valence-corrected chi connectivity index (χ2v) is 5.65. The van der Waals surface area contributed by atoms with E-state index in [0.717, 1.165) is 17.6 Å². The quantitative estimate of drug-likeness (QED) is 0.815. The highest BCUT2D eigenvalue weighted by Crippen LogP contribution is 2.17. The van der Waals surface area contributed by atoms with Crippen molar-refractivity contribution in [3.8, 4) is 0 Å². The summed E-state index contributed by atoms with van der Waals surface area (Å²) in [6.07, 6.45) is 0.0483. The van der Waals surface area contributed by atoms with Crippen LogP contribution in [0.4, 0.5) is 5.69 Å². The van der Waals surface area contributed by atoms with Crippen LogP contribution in [-0.4, -0.2) is 50.2 Å². The van der Waals surface area contributed by atoms with E-state index in [-0.39, 0.29) is 12.0 Å². The lowest BCUT2D eigenvalue weighted by molar-refractivity contribution is -0.0175. The molecule has 1 aliphatic rings. The molecule has 0 bridgehead atoms. The maximum absolute atomic E-state index is 12.0. The summed E-state index contributed by atoms with van der Waals surface area (Å²) < 4.78 is 6.39. The molecule has 0 aromatic heterocycles. The number of hydrogen-bond donors (Lipinski definition) is 2. The Morgan fingerprint density at radius 3 is 3.05 bits per heavy atom. The van der Waals surface area contributed by atoms with Gasteiger partial charge in [0, 0.05) is 35.4 Å². The van der Waals surface area contributed by atoms with Gasteiger partial charge in [0.25, 0.3) is 5.91 Å². The van der Waals surface area contributed by atoms with Gasteiger partial charge >= 0.3 is 0 Å². The van der Waals surface area contributed by atoms with E-state index in [2.05, 4.69) is 26.1 Å². The maximum Gasteiger partial charge on any atom is 0.251 e. The van der Waals surface area contributed by atoms with Gasteiger partial charge in [-0.2, -0.15) is 0 Å². The third-order valence-electron chi connectivity index (χ3n) is 3.01. The molecule has 1 saturated heterocycles. The minimum absolute atomic E-state index is 0.0483. The Morgan fingerprint density at radius 2 is 2.37 bits per heavy atom. The van der Waals surface area contributed by atoms with E-state index < -0.39 is 0 Å². The summed E-state index contributed by atoms with van der Waals surface area (Å²) in [5.74, 6) is -0.134. The van der Waals surface area contributed by atoms with Crippen molar-refractivity contribution >= 4 is 27.5 Å². The Kier molecular flexibility index (Phi) is 4.79. The Labute approximate surface area is 121 Å². The van der Waals surface area contributed by atoms with Crippen LogP contribution in [-0.2, 0) is 4.74 Å². The highest BCUT2D eigenvalue weighted by atomic mass is 79.9. The number of carbonyl (C=O) groups excluding carboxylic acids is 1. The first-order valence-electron chi connectivity index (χ1n) is 6.19. The largest absolute Gasteiger partial charge is 0.399 e. The lowest BCUT2D eigenvalue weighted by Crippen LogP contribution is -2.45. The average molecular weight is 328 g/mol. The van der Waals surface area contributed by atoms with Crippen molar-refractivity contribution in [2.24, 2.45) is 0 Å². The standard InChI is InChI=1S/C13H18BrN3O2/c1-17-2-3-19-12(8-17)7-16-13(18)9-4-10(14)6-11(15)5-9/h4-6,12H,2-3,7-8,15H2,1H3,(H,16,18). The van der Waals surface area contributed by atoms with Crippen molar-refractivity contribution in [2.45, 2.75) is 6.10 Å². The monoisotopic (exact) mass is 327 g/mol. The number of nitrogens with zero attached hydrogens (tertiary/aromatic N) is 1. The van der Waals surface area contributed by atoms with Gasteiger partial charge in [0.15, 0.2) is 0 Å². The van der Waals surface area contributed by atoms with Crippen LogP contribution in [0.2, 0.25) is 0 Å². The Balaban J connectivity index is 1.90. The van der Waals surface area contributed by atoms with Crippen molar-refractivity contribution < 1.29 is 9.53 Å². The van der Waals surface area contributed by atoms with Gasteiger partial charge in [-0.05, 0) is 25.2 Å². The zero-order valence-electron chi connectivity index (χ0n) is 10.9. The summed E-state index contributed by atoms with van der Waals surface area (Å²) in [6.45, 7) is 2.99. The second-order valence-electron chi connectivity index (χ2n) is 4.74. The van der Waals surface area contributed by atoms with E-state index in [1.54, 1.807) is 18.2 Å². The first-order valence-corrected chi connectivity index (χ1v) is 6.98. The van der Waals surface area contributed by atoms with Gasteiger partial charge in [0.2, 0.25) is 0 Å². The summed E-state index contributed by atoms with van der Waals surface area (Å²) in [7, 11) is 2.05. The Bertz CT molecular complexity index is 447. The van der Waals surface area contributed by atoms with Crippen molar-refractivity contribution in [3.05, 3.63) is 28.2 Å². The Morgan fingerprint density at radius 1 is 1.58 bits per heavy atom. The molecular formula is C13H18BrN3O2. The molecule has 19 heavy (non-hydrogen) atoms. The van der Waals surface area contributed by atoms with Gasteiger partial charge < -0.3 is 20.7 Å². The predicted octanol–water partition coefficient (Wildman–Crippen LogP) is 1.09. The number of carbonyl (C=O) groups is 1. The van der Waals surface area contributed by atoms with E-state index in [4.69, 9.17) is 10.5 Å². The van der Waals surface area contributed by atoms with Crippen LogP contribution >= 0.6 is 15.9 Å². The summed E-state index contributed by atoms with van der Waals surface area (Å²) in [5.41, 5.74) is 6.83. The number of hydrogen-bond acceptors (Lipinski definition) is 4. The molecule has 0 spiro atoms. The number of halogens is 1. The fraction of sp³-hybridized carbons (Fsp3) is 0.462. The van der Waals surface area contributed by atoms with Crippen LogP contribution < -0.4 is 11.1 Å². The van der Waals surface area contributed by atoms with Crippen molar-refractivity contribution in [3.63, 3.8) is 0 Å². The predicted molar refractivity (Wildman–Crippen MR) is 78.1 cm³/mol. The van der Waals surface area contributed by atoms with Crippen molar-refractivity contribution in [1.29, 1.82) is 0 Å². The normalized spacial score (nSPS) is 20.2. The van der Waals surface area contributed by atoms with E-state index in [1.165, 1.54) is 0 Å². The molecule has 1 heterocycles. The van der Waals surface area contributed by atoms with Crippen LogP contribution in [0.3, 0.4) is 0 Å². The van der Waals surface area contributed by atoms with Gasteiger partial charge in [-0.25, -0.2) is 0 Å². The number of rotatable bonds is 3. The highest BCUT2D eigenvalue weighted by Gasteiger charge is 2.18. The van der Waals surface area contributed by atoms with Crippen LogP contribution in [0.1, 0.15) is 10.4 Å². The zero-order chi connectivity index (χ0) is 13.8. The van der Waals surface area contributed by atoms with Crippen LogP contribution in [0.25, 0.3) is 0 Å². The van der Waals surface area contributed by atoms with Crippen LogP contribution in [0.5, 0.6) is 0 Å². The number of nitrogen functional groups attached to an aromatic ring is 1. The van der Waals surface area contributed by atoms with Gasteiger partial charge in [0.1, 0.15) is 0 Å². The molecule has 1 amide bonds. The molecule has 3 N–H and O–H groups in total. The minimum Gasteiger partial charge on any atom is -0.399 e. The molecule has 2 rings (SSSR count). The third-order valence-corrected chi connectivity index (χ3v) is 3.47. The Hall–Kier alpha value is -1.11. The molecule has 0 saturated carbocycles. The topological polar surface area (TPSA) is 67.6 Å². The first kappa shape index (κ1) is 14.3. The first-order chi connectivity index (χ1) is 9.04. The maximum atomic E-state index is 12.0. The molecule has 6 heteroatoms. The number of nitrogens with two attached hydrogens (primary N) is 1. The summed E-state index contributed by atoms with van der Waals surface area (Å²) >= 11 is 3.33. The summed E-state index contributed by atoms with van der Waals surface area (Å²) in [5, 5.41) is 2.88. The zero-order valence-corrected chi connectivity index (χ0v) is 12.4. The minimum atomic E-state index is -0.134. The number of ether oxygens (including phenoxy) is 1. The summed E-state index contributed by atoms with van der Waals surface area (Å²) in [6, 6.07) is 5.17. The van der Waals surface area contributed by atoms with Gasteiger partial charge in [-0.15, -0.1) is 0 Å². The molecule has 0 aliphatic carbocycles. The van der Waals surface area contributed by atoms with Gasteiger partial charge in [-0.3, -0.25) is 4.79 Å². The van der Waals surface area contributed by atoms with Crippen molar-refractivity contribution in [2.75, 3.05) is 39.0 Å². The molecular weight excluding hydrogens is 310 g/mol. The molecule has 5 nitrogen and oxygen atoms in total. The second kappa shape index (κ2) is 6.36. The molecule has 1 atom stereocenters. The molecule has 104 valence electrons. The fourth-order valence-electron chi connectivity index (χ4n) is 2.04. The average Bonchev–Trinajstić information content (AvgIpc) is 2.35. The number of anilines is 1.